The molecule has 3 nitrogen and oxygen atoms in total. The van der Waals surface area contributed by atoms with Crippen molar-refractivity contribution < 1.29 is 73.7 Å². The van der Waals surface area contributed by atoms with E-state index in [1.165, 1.54) is 41.9 Å². The van der Waals surface area contributed by atoms with E-state index in [1.807, 2.05) is 0 Å². The second-order valence-corrected chi connectivity index (χ2v) is 19.6. The Hall–Kier alpha value is -1.55. The number of hydrogen-bond acceptors (Lipinski definition) is 3. The molecule has 0 N–H and O–H groups in total. The fraction of sp³-hybridized carbons (Fsp3) is 0.647. The fourth-order valence-corrected chi connectivity index (χ4v) is 9.25. The molecule has 2 aromatic carbocycles. The summed E-state index contributed by atoms with van der Waals surface area (Å²) in [7, 11) is -7.42. The van der Waals surface area contributed by atoms with E-state index in [1.54, 1.807) is 38.5 Å². The minimum absolute atomic E-state index is 0.0703. The van der Waals surface area contributed by atoms with E-state index in [0.717, 1.165) is 0 Å². The van der Waals surface area contributed by atoms with Gasteiger partial charge in [0, 0.05) is 0 Å². The van der Waals surface area contributed by atoms with Crippen molar-refractivity contribution in [2.24, 2.45) is 23.7 Å². The van der Waals surface area contributed by atoms with Crippen LogP contribution >= 0.6 is 0 Å². The van der Waals surface area contributed by atoms with Gasteiger partial charge in [0.2, 0.25) is 0 Å². The summed E-state index contributed by atoms with van der Waals surface area (Å²) in [4.78, 5) is 0. The molecule has 48 heavy (non-hydrogen) atoms. The highest BCUT2D eigenvalue weighted by molar-refractivity contribution is 7.86. The zero-order chi connectivity index (χ0) is 36.7. The van der Waals surface area contributed by atoms with Gasteiger partial charge in [0.05, 0.1) is 0 Å². The minimum atomic E-state index is -7.43. The number of benzene rings is 2. The van der Waals surface area contributed by atoms with Gasteiger partial charge in [-0.1, -0.05) is 65.8 Å². The molecule has 0 amide bonds. The Kier molecular flexibility index (Phi) is 12.1. The van der Waals surface area contributed by atoms with Crippen LogP contribution in [0.1, 0.15) is 91.2 Å². The van der Waals surface area contributed by atoms with E-state index in [9.17, 15) is 52.5 Å². The standard InChI is InChI=1S/C20H26I.C10H16.C4HF9O3S/c1-19(2,3)15-7-11-17(12-8-15)21-18-13-9-16(10-14-18)20(4,5)6;1-7-2-9-4-8(1)5-10(3-7)6-9;5-1(6,3(9,10)11)2(7,8)4(12,13)17(14,15)16/h7-14H,1-6H3;7-10H,1-6H2;(H,14,15,16)/q+1;;/p-1. The number of hydrogen-bond donors (Lipinski definition) is 0. The number of alkyl halides is 9. The van der Waals surface area contributed by atoms with E-state index in [-0.39, 0.29) is 32.0 Å². The largest absolute Gasteiger partial charge is 0.743 e. The zero-order valence-electron chi connectivity index (χ0n) is 27.6. The third-order valence-corrected chi connectivity index (χ3v) is 12.6. The highest BCUT2D eigenvalue weighted by atomic mass is 127. The van der Waals surface area contributed by atoms with Crippen molar-refractivity contribution in [1.29, 1.82) is 0 Å². The predicted molar refractivity (Wildman–Crippen MR) is 160 cm³/mol. The maximum absolute atomic E-state index is 12.2. The van der Waals surface area contributed by atoms with E-state index < -0.39 is 33.4 Å². The van der Waals surface area contributed by atoms with E-state index in [0.29, 0.717) is 0 Å². The van der Waals surface area contributed by atoms with Crippen molar-refractivity contribution in [2.45, 2.75) is 114 Å². The first kappa shape index (κ1) is 40.9. The molecule has 4 bridgehead atoms. The predicted octanol–water partition coefficient (Wildman–Crippen LogP) is 7.20. The molecule has 6 rings (SSSR count). The molecule has 0 radical (unpaired) electrons. The van der Waals surface area contributed by atoms with Crippen LogP contribution in [0.2, 0.25) is 0 Å². The van der Waals surface area contributed by atoms with Gasteiger partial charge >= 0.3 is 44.5 Å². The molecule has 14 heteroatoms. The van der Waals surface area contributed by atoms with Crippen molar-refractivity contribution in [2.75, 3.05) is 0 Å². The summed E-state index contributed by atoms with van der Waals surface area (Å²) in [6, 6.07) is 18.4. The first-order valence-corrected chi connectivity index (χ1v) is 19.1. The molecule has 4 aliphatic carbocycles. The molecule has 2 aromatic rings. The molecule has 0 aromatic heterocycles. The van der Waals surface area contributed by atoms with Crippen LogP contribution in [0.5, 0.6) is 0 Å². The molecule has 272 valence electrons. The van der Waals surface area contributed by atoms with Gasteiger partial charge in [-0.05, 0) is 108 Å². The number of halogens is 10. The van der Waals surface area contributed by atoms with Crippen LogP contribution in [0.25, 0.3) is 0 Å². The molecule has 0 heterocycles. The second-order valence-electron chi connectivity index (χ2n) is 15.1. The molecule has 4 aliphatic rings. The summed E-state index contributed by atoms with van der Waals surface area (Å²) < 4.78 is 138. The average Bonchev–Trinajstić information content (AvgIpc) is 2.91. The van der Waals surface area contributed by atoms with Gasteiger partial charge < -0.3 is 4.55 Å². The van der Waals surface area contributed by atoms with Crippen LogP contribution < -0.4 is 21.2 Å². The fourth-order valence-electron chi connectivity index (χ4n) is 6.65. The van der Waals surface area contributed by atoms with Gasteiger partial charge in [-0.3, -0.25) is 0 Å². The zero-order valence-corrected chi connectivity index (χ0v) is 30.6. The van der Waals surface area contributed by atoms with E-state index >= 15 is 0 Å². The lowest BCUT2D eigenvalue weighted by molar-refractivity contribution is -0.597. The Balaban J connectivity index is 0.000000206. The minimum Gasteiger partial charge on any atom is -0.743 e. The third-order valence-electron chi connectivity index (χ3n) is 9.07. The average molecular weight is 829 g/mol. The first-order valence-electron chi connectivity index (χ1n) is 15.6. The van der Waals surface area contributed by atoms with Crippen molar-refractivity contribution in [3.8, 4) is 0 Å². The van der Waals surface area contributed by atoms with Crippen molar-refractivity contribution in [3.05, 3.63) is 66.8 Å². The quantitative estimate of drug-likeness (QED) is 0.182. The van der Waals surface area contributed by atoms with Crippen LogP contribution in [0, 0.1) is 30.8 Å². The number of rotatable bonds is 5. The maximum Gasteiger partial charge on any atom is 0.460 e. The lowest BCUT2D eigenvalue weighted by Crippen LogP contribution is -3.61. The SMILES string of the molecule is C1C2CC3CC1CC(C2)C3.CC(C)(C)c1ccc([I+]c2ccc(C(C)(C)C)cc2)cc1.O=S(=O)([O-])C(F)(F)C(F)(F)C(F)(F)C(F)(F)F. The molecule has 0 unspecified atom stereocenters. The summed E-state index contributed by atoms with van der Waals surface area (Å²) in [5.74, 6) is -10.1. The Bertz CT molecular complexity index is 1360. The molecule has 0 atom stereocenters. The normalized spacial score (nSPS) is 23.2. The van der Waals surface area contributed by atoms with Gasteiger partial charge in [-0.2, -0.15) is 39.5 Å². The van der Waals surface area contributed by atoms with Crippen LogP contribution in [-0.2, 0) is 20.9 Å². The lowest BCUT2D eigenvalue weighted by atomic mass is 9.56. The third kappa shape index (κ3) is 9.41. The van der Waals surface area contributed by atoms with Gasteiger partial charge in [-0.25, -0.2) is 8.42 Å². The topological polar surface area (TPSA) is 57.2 Å². The molecule has 0 saturated heterocycles. The highest BCUT2D eigenvalue weighted by Gasteiger charge is 2.83. The van der Waals surface area contributed by atoms with Gasteiger partial charge in [0.15, 0.2) is 17.3 Å². The van der Waals surface area contributed by atoms with Crippen LogP contribution in [0.15, 0.2) is 48.5 Å². The van der Waals surface area contributed by atoms with Gasteiger partial charge in [0.25, 0.3) is 0 Å². The van der Waals surface area contributed by atoms with Crippen molar-refractivity contribution in [3.63, 3.8) is 0 Å². The molecule has 0 spiro atoms. The molecule has 4 saturated carbocycles. The Morgan fingerprint density at radius 2 is 0.812 bits per heavy atom. The highest BCUT2D eigenvalue weighted by Crippen LogP contribution is 2.55. The van der Waals surface area contributed by atoms with E-state index in [4.69, 9.17) is 0 Å². The lowest BCUT2D eigenvalue weighted by Gasteiger charge is -2.49. The van der Waals surface area contributed by atoms with Gasteiger partial charge in [0.1, 0.15) is 0 Å². The Morgan fingerprint density at radius 1 is 0.542 bits per heavy atom. The molecular formula is C34H42F9IO3S. The summed E-state index contributed by atoms with van der Waals surface area (Å²) in [5.41, 5.74) is 3.31. The molecular weight excluding hydrogens is 786 g/mol. The summed E-state index contributed by atoms with van der Waals surface area (Å²) in [5, 5.41) is -7.11. The van der Waals surface area contributed by atoms with Crippen LogP contribution in [0.3, 0.4) is 0 Å². The van der Waals surface area contributed by atoms with Crippen molar-refractivity contribution in [1.82, 2.24) is 0 Å². The summed E-state index contributed by atoms with van der Waals surface area (Å²) >= 11 is -0.0703. The molecule has 0 aliphatic heterocycles. The first-order chi connectivity index (χ1) is 21.6. The summed E-state index contributed by atoms with van der Waals surface area (Å²) in [6.45, 7) is 13.6. The Labute approximate surface area is 287 Å². The Morgan fingerprint density at radius 3 is 1.02 bits per heavy atom. The van der Waals surface area contributed by atoms with Gasteiger partial charge in [-0.15, -0.1) is 0 Å². The van der Waals surface area contributed by atoms with Crippen molar-refractivity contribution >= 4 is 10.1 Å². The summed E-state index contributed by atoms with van der Waals surface area (Å²) in [6.07, 6.45) is 2.46. The monoisotopic (exact) mass is 828 g/mol. The second kappa shape index (κ2) is 14.2. The smallest absolute Gasteiger partial charge is 0.460 e. The van der Waals surface area contributed by atoms with Crippen LogP contribution in [-0.4, -0.2) is 36.2 Å². The molecule has 4 fully saturated rings. The van der Waals surface area contributed by atoms with Crippen LogP contribution in [0.4, 0.5) is 39.5 Å². The van der Waals surface area contributed by atoms with E-state index in [2.05, 4.69) is 90.1 Å². The maximum atomic E-state index is 12.2.